The monoisotopic (exact) mass is 346 g/mol. The molecule has 1 unspecified atom stereocenters. The molecule has 0 heterocycles. The molecule has 2 rings (SSSR count). The van der Waals surface area contributed by atoms with Gasteiger partial charge in [0, 0.05) is 0 Å². The first kappa shape index (κ1) is 17.5. The van der Waals surface area contributed by atoms with Crippen LogP contribution in [0.25, 0.3) is 11.1 Å². The molecule has 0 aliphatic carbocycles. The second kappa shape index (κ2) is 8.70. The minimum absolute atomic E-state index is 0.261. The molecule has 0 saturated carbocycles. The van der Waals surface area contributed by atoms with E-state index < -0.39 is 11.2 Å². The Hall–Kier alpha value is -1.85. The molecule has 2 aromatic rings. The number of ether oxygens (including phenoxy) is 1. The lowest BCUT2D eigenvalue weighted by atomic mass is 10.0. The van der Waals surface area contributed by atoms with Crippen molar-refractivity contribution in [2.45, 2.75) is 18.1 Å². The van der Waals surface area contributed by atoms with Crippen LogP contribution in [0.3, 0.4) is 0 Å². The second-order valence-electron chi connectivity index (χ2n) is 5.00. The van der Waals surface area contributed by atoms with Gasteiger partial charge in [0.2, 0.25) is 4.38 Å². The molecule has 0 spiro atoms. The number of methoxy groups -OCH3 is 1. The third-order valence-corrected chi connectivity index (χ3v) is 4.97. The van der Waals surface area contributed by atoms with Crippen LogP contribution in [0, 0.1) is 0 Å². The molecular weight excluding hydrogens is 328 g/mol. The summed E-state index contributed by atoms with van der Waals surface area (Å²) in [6.45, 7) is 0. The van der Waals surface area contributed by atoms with Gasteiger partial charge in [-0.25, -0.2) is 0 Å². The summed E-state index contributed by atoms with van der Waals surface area (Å²) in [5.74, 6) is -0.865. The highest BCUT2D eigenvalue weighted by Gasteiger charge is 2.20. The van der Waals surface area contributed by atoms with Crippen molar-refractivity contribution >= 4 is 34.3 Å². The van der Waals surface area contributed by atoms with Gasteiger partial charge in [-0.1, -0.05) is 66.4 Å². The van der Waals surface area contributed by atoms with Crippen LogP contribution in [-0.2, 0) is 16.0 Å². The van der Waals surface area contributed by atoms with Crippen LogP contribution in [-0.4, -0.2) is 27.8 Å². The van der Waals surface area contributed by atoms with E-state index >= 15 is 0 Å². The van der Waals surface area contributed by atoms with Gasteiger partial charge in [0.1, 0.15) is 5.25 Å². The highest BCUT2D eigenvalue weighted by atomic mass is 32.2. The molecular formula is C18H18O3S2. The van der Waals surface area contributed by atoms with E-state index in [1.54, 1.807) is 0 Å². The summed E-state index contributed by atoms with van der Waals surface area (Å²) >= 11 is 6.01. The van der Waals surface area contributed by atoms with Gasteiger partial charge in [-0.05, 0) is 41.7 Å². The molecule has 0 radical (unpaired) electrons. The summed E-state index contributed by atoms with van der Waals surface area (Å²) in [6.07, 6.45) is 1.19. The SMILES string of the molecule is COC(=S)SC(CCc1ccc(-c2ccccc2)cc1)C(=O)O. The minimum Gasteiger partial charge on any atom is -0.482 e. The van der Waals surface area contributed by atoms with Gasteiger partial charge in [0.15, 0.2) is 0 Å². The van der Waals surface area contributed by atoms with Gasteiger partial charge >= 0.3 is 5.97 Å². The average Bonchev–Trinajstić information content (AvgIpc) is 2.59. The van der Waals surface area contributed by atoms with Crippen LogP contribution in [0.1, 0.15) is 12.0 Å². The molecule has 0 amide bonds. The van der Waals surface area contributed by atoms with E-state index in [2.05, 4.69) is 24.3 Å². The van der Waals surface area contributed by atoms with Gasteiger partial charge in [-0.2, -0.15) is 0 Å². The van der Waals surface area contributed by atoms with Crippen molar-refractivity contribution in [3.8, 4) is 11.1 Å². The lowest BCUT2D eigenvalue weighted by molar-refractivity contribution is -0.136. The highest BCUT2D eigenvalue weighted by Crippen LogP contribution is 2.22. The van der Waals surface area contributed by atoms with E-state index in [4.69, 9.17) is 17.0 Å². The van der Waals surface area contributed by atoms with E-state index in [1.165, 1.54) is 12.7 Å². The molecule has 5 heteroatoms. The Balaban J connectivity index is 1.97. The molecule has 1 N–H and O–H groups in total. The first-order valence-electron chi connectivity index (χ1n) is 7.22. The number of aliphatic carboxylic acids is 1. The minimum atomic E-state index is -0.865. The van der Waals surface area contributed by atoms with E-state index in [0.29, 0.717) is 12.8 Å². The summed E-state index contributed by atoms with van der Waals surface area (Å²) in [5, 5.41) is 8.67. The Morgan fingerprint density at radius 3 is 2.30 bits per heavy atom. The van der Waals surface area contributed by atoms with E-state index in [-0.39, 0.29) is 4.38 Å². The van der Waals surface area contributed by atoms with Crippen LogP contribution in [0.15, 0.2) is 54.6 Å². The first-order chi connectivity index (χ1) is 11.1. The Morgan fingerprint density at radius 2 is 1.74 bits per heavy atom. The molecule has 0 bridgehead atoms. The van der Waals surface area contributed by atoms with Gasteiger partial charge in [-0.15, -0.1) is 0 Å². The number of hydrogen-bond donors (Lipinski definition) is 1. The maximum atomic E-state index is 11.3. The average molecular weight is 346 g/mol. The number of carbonyl (C=O) groups is 1. The quantitative estimate of drug-likeness (QED) is 0.785. The standard InChI is InChI=1S/C18H18O3S2/c1-21-18(22)23-16(17(19)20)12-9-13-7-10-15(11-8-13)14-5-3-2-4-6-14/h2-8,10-11,16H,9,12H2,1H3,(H,19,20). The highest BCUT2D eigenvalue weighted by molar-refractivity contribution is 8.23. The van der Waals surface area contributed by atoms with Gasteiger partial charge in [0.05, 0.1) is 7.11 Å². The van der Waals surface area contributed by atoms with Crippen molar-refractivity contribution in [3.63, 3.8) is 0 Å². The second-order valence-corrected chi connectivity index (χ2v) is 6.81. The molecule has 0 aliphatic heterocycles. The predicted molar refractivity (Wildman–Crippen MR) is 98.8 cm³/mol. The van der Waals surface area contributed by atoms with Crippen molar-refractivity contribution in [3.05, 3.63) is 60.2 Å². The molecule has 1 atom stereocenters. The number of thiocarbonyl (C=S) groups is 1. The first-order valence-corrected chi connectivity index (χ1v) is 8.50. The number of thioether (sulfide) groups is 1. The topological polar surface area (TPSA) is 46.5 Å². The van der Waals surface area contributed by atoms with E-state index in [0.717, 1.165) is 22.9 Å². The normalized spacial score (nSPS) is 11.7. The van der Waals surface area contributed by atoms with Gasteiger partial charge < -0.3 is 9.84 Å². The number of carboxylic acids is 1. The Bertz CT molecular complexity index is 654. The molecule has 2 aromatic carbocycles. The maximum Gasteiger partial charge on any atom is 0.317 e. The molecule has 120 valence electrons. The maximum absolute atomic E-state index is 11.3. The summed E-state index contributed by atoms with van der Waals surface area (Å²) in [4.78, 5) is 11.3. The van der Waals surface area contributed by atoms with Crippen molar-refractivity contribution in [1.82, 2.24) is 0 Å². The summed E-state index contributed by atoms with van der Waals surface area (Å²) in [6, 6.07) is 18.4. The smallest absolute Gasteiger partial charge is 0.317 e. The number of hydrogen-bond acceptors (Lipinski definition) is 4. The lowest BCUT2D eigenvalue weighted by Crippen LogP contribution is -2.19. The summed E-state index contributed by atoms with van der Waals surface area (Å²) in [5.41, 5.74) is 3.43. The summed E-state index contributed by atoms with van der Waals surface area (Å²) in [7, 11) is 1.45. The molecule has 0 fully saturated rings. The zero-order chi connectivity index (χ0) is 16.7. The van der Waals surface area contributed by atoms with Gasteiger partial charge in [0.25, 0.3) is 0 Å². The molecule has 0 aliphatic rings. The molecule has 0 aromatic heterocycles. The number of aryl methyl sites for hydroxylation is 1. The van der Waals surface area contributed by atoms with Gasteiger partial charge in [-0.3, -0.25) is 4.79 Å². The predicted octanol–water partition coefficient (Wildman–Crippen LogP) is 4.40. The lowest BCUT2D eigenvalue weighted by Gasteiger charge is -2.12. The third-order valence-electron chi connectivity index (χ3n) is 3.44. The zero-order valence-corrected chi connectivity index (χ0v) is 14.4. The third kappa shape index (κ3) is 5.37. The fourth-order valence-corrected chi connectivity index (χ4v) is 3.20. The Labute approximate surface area is 145 Å². The summed E-state index contributed by atoms with van der Waals surface area (Å²) < 4.78 is 5.14. The largest absolute Gasteiger partial charge is 0.482 e. The van der Waals surface area contributed by atoms with Crippen molar-refractivity contribution in [2.75, 3.05) is 7.11 Å². The Kier molecular flexibility index (Phi) is 6.62. The fourth-order valence-electron chi connectivity index (χ4n) is 2.19. The van der Waals surface area contributed by atoms with Crippen LogP contribution in [0.2, 0.25) is 0 Å². The van der Waals surface area contributed by atoms with Crippen molar-refractivity contribution in [2.24, 2.45) is 0 Å². The molecule has 3 nitrogen and oxygen atoms in total. The zero-order valence-electron chi connectivity index (χ0n) is 12.8. The van der Waals surface area contributed by atoms with E-state index in [1.807, 2.05) is 30.3 Å². The van der Waals surface area contributed by atoms with E-state index in [9.17, 15) is 9.90 Å². The van der Waals surface area contributed by atoms with Crippen LogP contribution >= 0.6 is 24.0 Å². The van der Waals surface area contributed by atoms with Crippen LogP contribution < -0.4 is 0 Å². The Morgan fingerprint density at radius 1 is 1.13 bits per heavy atom. The van der Waals surface area contributed by atoms with Crippen LogP contribution in [0.5, 0.6) is 0 Å². The number of rotatable bonds is 6. The van der Waals surface area contributed by atoms with Crippen molar-refractivity contribution in [1.29, 1.82) is 0 Å². The van der Waals surface area contributed by atoms with Crippen molar-refractivity contribution < 1.29 is 14.6 Å². The van der Waals surface area contributed by atoms with Crippen LogP contribution in [0.4, 0.5) is 0 Å². The molecule has 23 heavy (non-hydrogen) atoms. The number of benzene rings is 2. The molecule has 0 saturated heterocycles. The number of carboxylic acid groups (broad SMARTS) is 1. The fraction of sp³-hybridized carbons (Fsp3) is 0.222.